The monoisotopic (exact) mass is 406 g/mol. The average molecular weight is 407 g/mol. The molecule has 2 amide bonds. The van der Waals surface area contributed by atoms with Crippen molar-refractivity contribution in [1.29, 1.82) is 0 Å². The second kappa shape index (κ2) is 8.87. The van der Waals surface area contributed by atoms with Crippen molar-refractivity contribution in [1.82, 2.24) is 9.80 Å². The zero-order chi connectivity index (χ0) is 20.1. The Hall–Kier alpha value is -2.53. The summed E-state index contributed by atoms with van der Waals surface area (Å²) in [5, 5.41) is 0. The van der Waals surface area contributed by atoms with Crippen molar-refractivity contribution in [2.24, 2.45) is 0 Å². The van der Waals surface area contributed by atoms with Gasteiger partial charge in [-0.3, -0.25) is 9.59 Å². The molecule has 0 N–H and O–H groups in total. The van der Waals surface area contributed by atoms with Gasteiger partial charge in [0.25, 0.3) is 0 Å². The highest BCUT2D eigenvalue weighted by Gasteiger charge is 2.46. The van der Waals surface area contributed by atoms with Gasteiger partial charge in [0.05, 0.1) is 11.3 Å². The molecule has 0 radical (unpaired) electrons. The fourth-order valence-corrected chi connectivity index (χ4v) is 5.61. The van der Waals surface area contributed by atoms with Gasteiger partial charge in [0.15, 0.2) is 0 Å². The second-order valence-corrected chi connectivity index (χ2v) is 9.03. The van der Waals surface area contributed by atoms with E-state index in [1.165, 1.54) is 0 Å². The first-order chi connectivity index (χ1) is 14.2. The van der Waals surface area contributed by atoms with Crippen molar-refractivity contribution in [2.45, 2.75) is 24.1 Å². The summed E-state index contributed by atoms with van der Waals surface area (Å²) in [7, 11) is 0. The van der Waals surface area contributed by atoms with Gasteiger partial charge in [-0.05, 0) is 30.0 Å². The number of carbonyl (C=O) groups excluding carboxylic acids is 2. The van der Waals surface area contributed by atoms with Crippen LogP contribution in [-0.2, 0) is 16.0 Å². The quantitative estimate of drug-likeness (QED) is 0.725. The molecule has 2 aromatic rings. The minimum atomic E-state index is -0.165. The van der Waals surface area contributed by atoms with Crippen LogP contribution in [0.1, 0.15) is 24.0 Å². The Kier molecular flexibility index (Phi) is 6.05. The zero-order valence-corrected chi connectivity index (χ0v) is 17.3. The highest BCUT2D eigenvalue weighted by atomic mass is 32.2. The summed E-state index contributed by atoms with van der Waals surface area (Å²) in [4.78, 5) is 29.4. The topological polar surface area (TPSA) is 40.6 Å². The van der Waals surface area contributed by atoms with E-state index < -0.39 is 0 Å². The van der Waals surface area contributed by atoms with Gasteiger partial charge in [0.1, 0.15) is 0 Å². The molecule has 4 nitrogen and oxygen atoms in total. The van der Waals surface area contributed by atoms with Gasteiger partial charge in [0, 0.05) is 31.5 Å². The van der Waals surface area contributed by atoms with Crippen LogP contribution in [0.5, 0.6) is 0 Å². The Labute approximate surface area is 176 Å². The number of piperidine rings is 1. The number of nitrogens with zero attached hydrogens (tertiary/aromatic N) is 2. The number of benzene rings is 2. The van der Waals surface area contributed by atoms with Gasteiger partial charge in [-0.25, -0.2) is 0 Å². The largest absolute Gasteiger partial charge is 0.342 e. The number of rotatable bonds is 4. The van der Waals surface area contributed by atoms with Crippen LogP contribution in [0.15, 0.2) is 66.7 Å². The summed E-state index contributed by atoms with van der Waals surface area (Å²) in [6.07, 6.45) is 5.70. The van der Waals surface area contributed by atoms with E-state index in [-0.39, 0.29) is 16.7 Å². The normalized spacial score (nSPS) is 18.5. The SMILES string of the molecule is O=C(Cc1ccccc1)N1CCC2(CC1)SCCN2C(=O)/C=C/c1ccccc1. The van der Waals surface area contributed by atoms with Crippen LogP contribution >= 0.6 is 11.8 Å². The summed E-state index contributed by atoms with van der Waals surface area (Å²) < 4.78 is 0. The summed E-state index contributed by atoms with van der Waals surface area (Å²) in [5.74, 6) is 1.21. The van der Waals surface area contributed by atoms with E-state index in [1.54, 1.807) is 6.08 Å². The standard InChI is InChI=1S/C24H26N2O2S/c27-22(12-11-20-7-3-1-4-8-20)26-17-18-29-24(26)13-15-25(16-14-24)23(28)19-21-9-5-2-6-10-21/h1-12H,13-19H2/b12-11+. The van der Waals surface area contributed by atoms with Gasteiger partial charge in [-0.2, -0.15) is 0 Å². The number of likely N-dealkylation sites (tertiary alicyclic amines) is 1. The molecule has 2 heterocycles. The molecule has 2 saturated heterocycles. The minimum absolute atomic E-state index is 0.0721. The number of carbonyl (C=O) groups is 2. The molecular formula is C24H26N2O2S. The van der Waals surface area contributed by atoms with Crippen LogP contribution in [0.4, 0.5) is 0 Å². The summed E-state index contributed by atoms with van der Waals surface area (Å²) in [6.45, 7) is 2.20. The van der Waals surface area contributed by atoms with Crippen molar-refractivity contribution >= 4 is 29.7 Å². The molecule has 0 unspecified atom stereocenters. The predicted octanol–water partition coefficient (Wildman–Crippen LogP) is 3.84. The first-order valence-electron chi connectivity index (χ1n) is 10.2. The number of amides is 2. The Balaban J connectivity index is 1.37. The van der Waals surface area contributed by atoms with Crippen LogP contribution in [0.3, 0.4) is 0 Å². The molecule has 2 aliphatic heterocycles. The van der Waals surface area contributed by atoms with Crippen LogP contribution in [0, 0.1) is 0 Å². The summed E-state index contributed by atoms with van der Waals surface area (Å²) >= 11 is 1.87. The van der Waals surface area contributed by atoms with Gasteiger partial charge in [0.2, 0.25) is 11.8 Å². The first kappa shape index (κ1) is 19.8. The van der Waals surface area contributed by atoms with Gasteiger partial charge in [-0.15, -0.1) is 11.8 Å². The Morgan fingerprint density at radius 2 is 1.59 bits per heavy atom. The molecule has 1 spiro atoms. The molecule has 2 fully saturated rings. The maximum atomic E-state index is 12.9. The van der Waals surface area contributed by atoms with Crippen molar-refractivity contribution in [3.8, 4) is 0 Å². The first-order valence-corrected chi connectivity index (χ1v) is 11.2. The lowest BCUT2D eigenvalue weighted by molar-refractivity contribution is -0.134. The number of thioether (sulfide) groups is 1. The van der Waals surface area contributed by atoms with Crippen LogP contribution < -0.4 is 0 Å². The summed E-state index contributed by atoms with van der Waals surface area (Å²) in [6, 6.07) is 19.8. The van der Waals surface area contributed by atoms with E-state index in [0.29, 0.717) is 19.5 Å². The molecule has 2 aliphatic rings. The fraction of sp³-hybridized carbons (Fsp3) is 0.333. The maximum absolute atomic E-state index is 12.9. The van der Waals surface area contributed by atoms with Crippen molar-refractivity contribution in [2.75, 3.05) is 25.4 Å². The van der Waals surface area contributed by atoms with E-state index in [1.807, 2.05) is 88.3 Å². The summed E-state index contributed by atoms with van der Waals surface area (Å²) in [5.41, 5.74) is 2.08. The number of hydrogen-bond donors (Lipinski definition) is 0. The van der Waals surface area contributed by atoms with Crippen molar-refractivity contribution < 1.29 is 9.59 Å². The van der Waals surface area contributed by atoms with Gasteiger partial charge >= 0.3 is 0 Å². The third-order valence-electron chi connectivity index (χ3n) is 5.76. The van der Waals surface area contributed by atoms with Crippen molar-refractivity contribution in [3.05, 3.63) is 77.9 Å². The van der Waals surface area contributed by atoms with E-state index in [9.17, 15) is 9.59 Å². The molecule has 0 saturated carbocycles. The number of hydrogen-bond acceptors (Lipinski definition) is 3. The van der Waals surface area contributed by atoms with E-state index in [0.717, 1.165) is 36.3 Å². The van der Waals surface area contributed by atoms with Gasteiger partial charge in [-0.1, -0.05) is 60.7 Å². The predicted molar refractivity (Wildman–Crippen MR) is 118 cm³/mol. The minimum Gasteiger partial charge on any atom is -0.342 e. The molecule has 4 rings (SSSR count). The highest BCUT2D eigenvalue weighted by Crippen LogP contribution is 2.44. The van der Waals surface area contributed by atoms with E-state index in [4.69, 9.17) is 0 Å². The molecule has 2 aromatic carbocycles. The zero-order valence-electron chi connectivity index (χ0n) is 16.5. The lowest BCUT2D eigenvalue weighted by Gasteiger charge is -2.43. The highest BCUT2D eigenvalue weighted by molar-refractivity contribution is 8.00. The molecule has 5 heteroatoms. The third-order valence-corrected chi connectivity index (χ3v) is 7.31. The average Bonchev–Trinajstić information content (AvgIpc) is 3.17. The Morgan fingerprint density at radius 1 is 0.931 bits per heavy atom. The van der Waals surface area contributed by atoms with Gasteiger partial charge < -0.3 is 9.80 Å². The van der Waals surface area contributed by atoms with E-state index in [2.05, 4.69) is 0 Å². The van der Waals surface area contributed by atoms with Crippen LogP contribution in [-0.4, -0.2) is 51.9 Å². The molecule has 0 aliphatic carbocycles. The maximum Gasteiger partial charge on any atom is 0.247 e. The smallest absolute Gasteiger partial charge is 0.247 e. The van der Waals surface area contributed by atoms with E-state index >= 15 is 0 Å². The third kappa shape index (κ3) is 4.56. The second-order valence-electron chi connectivity index (χ2n) is 7.57. The lowest BCUT2D eigenvalue weighted by Crippen LogP contribution is -2.53. The lowest BCUT2D eigenvalue weighted by atomic mass is 10.0. The fourth-order valence-electron chi connectivity index (χ4n) is 4.14. The Bertz CT molecular complexity index is 874. The molecule has 0 atom stereocenters. The molecular weight excluding hydrogens is 380 g/mol. The molecule has 0 bridgehead atoms. The van der Waals surface area contributed by atoms with Crippen LogP contribution in [0.2, 0.25) is 0 Å². The van der Waals surface area contributed by atoms with Crippen molar-refractivity contribution in [3.63, 3.8) is 0 Å². The Morgan fingerprint density at radius 3 is 2.28 bits per heavy atom. The molecule has 150 valence electrons. The molecule has 29 heavy (non-hydrogen) atoms. The van der Waals surface area contributed by atoms with Crippen LogP contribution in [0.25, 0.3) is 6.08 Å². The molecule has 0 aromatic heterocycles.